The van der Waals surface area contributed by atoms with Crippen molar-refractivity contribution in [3.63, 3.8) is 0 Å². The molecule has 4 rings (SSSR count). The molecule has 3 aromatic rings. The Hall–Kier alpha value is -3.30. The number of rotatable bonds is 4. The lowest BCUT2D eigenvalue weighted by Crippen LogP contribution is -2.30. The quantitative estimate of drug-likeness (QED) is 0.579. The Morgan fingerprint density at radius 1 is 1.12 bits per heavy atom. The van der Waals surface area contributed by atoms with Gasteiger partial charge >= 0.3 is 6.18 Å². The number of aliphatic hydroxyl groups is 1. The molecular formula is C22H19ClF3N3O3. The third-order valence-corrected chi connectivity index (χ3v) is 4.83. The molecule has 0 atom stereocenters. The summed E-state index contributed by atoms with van der Waals surface area (Å²) >= 11 is 0. The molecule has 0 saturated heterocycles. The molecule has 0 aliphatic carbocycles. The lowest BCUT2D eigenvalue weighted by Gasteiger charge is -2.31. The summed E-state index contributed by atoms with van der Waals surface area (Å²) in [6.07, 6.45) is -2.87. The first kappa shape index (κ1) is 23.4. The molecule has 6 nitrogen and oxygen atoms in total. The molecule has 0 fully saturated rings. The molecule has 2 heterocycles. The molecule has 0 bridgehead atoms. The van der Waals surface area contributed by atoms with E-state index in [9.17, 15) is 23.1 Å². The van der Waals surface area contributed by atoms with Crippen molar-refractivity contribution >= 4 is 35.5 Å². The number of nitrogens with one attached hydrogen (secondary N) is 1. The summed E-state index contributed by atoms with van der Waals surface area (Å²) in [6.45, 7) is 0.727. The number of para-hydroxylation sites is 1. The Kier molecular flexibility index (Phi) is 6.90. The highest BCUT2D eigenvalue weighted by molar-refractivity contribution is 6.07. The average Bonchev–Trinajstić information content (AvgIpc) is 2.78. The highest BCUT2D eigenvalue weighted by Gasteiger charge is 2.30. The van der Waals surface area contributed by atoms with E-state index in [1.807, 2.05) is 4.90 Å². The van der Waals surface area contributed by atoms with E-state index in [1.165, 1.54) is 12.1 Å². The van der Waals surface area contributed by atoms with Gasteiger partial charge in [0.1, 0.15) is 12.4 Å². The number of aliphatic hydroxyl groups excluding tert-OH is 1. The van der Waals surface area contributed by atoms with Crippen LogP contribution in [0.3, 0.4) is 0 Å². The SMILES string of the molecule is Cl.O=C(Nc1ccc(C(F)(F)F)cc1)c1cccc2c1OCCN2c1ccc(CO)cn1. The van der Waals surface area contributed by atoms with Crippen LogP contribution in [0.4, 0.5) is 30.4 Å². The molecule has 32 heavy (non-hydrogen) atoms. The number of fused-ring (bicyclic) bond motifs is 1. The second-order valence-corrected chi connectivity index (χ2v) is 6.87. The van der Waals surface area contributed by atoms with Crippen molar-refractivity contribution in [3.8, 4) is 5.75 Å². The highest BCUT2D eigenvalue weighted by Crippen LogP contribution is 2.39. The van der Waals surface area contributed by atoms with Gasteiger partial charge in [-0.3, -0.25) is 4.79 Å². The molecule has 1 amide bonds. The van der Waals surface area contributed by atoms with E-state index in [0.29, 0.717) is 36.0 Å². The topological polar surface area (TPSA) is 74.7 Å². The first-order valence-corrected chi connectivity index (χ1v) is 9.44. The molecule has 0 spiro atoms. The molecule has 10 heteroatoms. The standard InChI is InChI=1S/C22H18F3N3O3.ClH/c23-22(24,25)15-5-7-16(8-6-15)27-21(30)17-2-1-3-18-20(17)31-11-10-28(18)19-9-4-14(13-29)12-26-19;/h1-9,12,29H,10-11,13H2,(H,27,30);1H. The van der Waals surface area contributed by atoms with Gasteiger partial charge in [-0.2, -0.15) is 13.2 Å². The van der Waals surface area contributed by atoms with Gasteiger partial charge in [0.05, 0.1) is 30.0 Å². The van der Waals surface area contributed by atoms with Gasteiger partial charge in [-0.05, 0) is 48.0 Å². The summed E-state index contributed by atoms with van der Waals surface area (Å²) < 4.78 is 43.9. The molecule has 0 saturated carbocycles. The van der Waals surface area contributed by atoms with Crippen LogP contribution in [0.2, 0.25) is 0 Å². The lowest BCUT2D eigenvalue weighted by atomic mass is 10.1. The molecule has 168 valence electrons. The molecule has 1 aromatic heterocycles. The van der Waals surface area contributed by atoms with Crippen molar-refractivity contribution in [1.82, 2.24) is 4.98 Å². The number of alkyl halides is 3. The second kappa shape index (κ2) is 9.46. The molecule has 2 aromatic carbocycles. The minimum Gasteiger partial charge on any atom is -0.489 e. The first-order valence-electron chi connectivity index (χ1n) is 9.44. The number of carbonyl (C=O) groups excluding carboxylic acids is 1. The maximum absolute atomic E-state index is 12.8. The third-order valence-electron chi connectivity index (χ3n) is 4.83. The van der Waals surface area contributed by atoms with Gasteiger partial charge in [0.2, 0.25) is 0 Å². The van der Waals surface area contributed by atoms with Gasteiger partial charge in [0, 0.05) is 11.9 Å². The van der Waals surface area contributed by atoms with Crippen molar-refractivity contribution in [3.05, 3.63) is 77.5 Å². The Morgan fingerprint density at radius 3 is 2.50 bits per heavy atom. The van der Waals surface area contributed by atoms with Gasteiger partial charge in [0.15, 0.2) is 5.75 Å². The maximum atomic E-state index is 12.8. The van der Waals surface area contributed by atoms with Crippen LogP contribution < -0.4 is 15.0 Å². The zero-order valence-electron chi connectivity index (χ0n) is 16.6. The largest absolute Gasteiger partial charge is 0.489 e. The average molecular weight is 466 g/mol. The first-order chi connectivity index (χ1) is 14.9. The predicted octanol–water partition coefficient (Wildman–Crippen LogP) is 4.80. The van der Waals surface area contributed by atoms with E-state index in [-0.39, 0.29) is 30.3 Å². The minimum atomic E-state index is -4.44. The fraction of sp³-hybridized carbons (Fsp3) is 0.182. The van der Waals surface area contributed by atoms with Gasteiger partial charge < -0.3 is 20.1 Å². The molecule has 1 aliphatic heterocycles. The van der Waals surface area contributed by atoms with Crippen LogP contribution in [0.15, 0.2) is 60.8 Å². The van der Waals surface area contributed by atoms with Crippen molar-refractivity contribution in [2.45, 2.75) is 12.8 Å². The Morgan fingerprint density at radius 2 is 1.88 bits per heavy atom. The van der Waals surface area contributed by atoms with E-state index in [2.05, 4.69) is 10.3 Å². The minimum absolute atomic E-state index is 0. The highest BCUT2D eigenvalue weighted by atomic mass is 35.5. The fourth-order valence-electron chi connectivity index (χ4n) is 3.28. The van der Waals surface area contributed by atoms with Crippen LogP contribution in [0.5, 0.6) is 5.75 Å². The summed E-state index contributed by atoms with van der Waals surface area (Å²) in [5.41, 5.74) is 1.04. The lowest BCUT2D eigenvalue weighted by molar-refractivity contribution is -0.137. The zero-order valence-corrected chi connectivity index (χ0v) is 17.4. The summed E-state index contributed by atoms with van der Waals surface area (Å²) in [5.74, 6) is 0.510. The Labute approximate surface area is 188 Å². The number of carbonyl (C=O) groups is 1. The summed E-state index contributed by atoms with van der Waals surface area (Å²) in [6, 6.07) is 12.9. The van der Waals surface area contributed by atoms with Crippen molar-refractivity contribution < 1.29 is 27.8 Å². The van der Waals surface area contributed by atoms with E-state index in [1.54, 1.807) is 36.5 Å². The number of nitrogens with zero attached hydrogens (tertiary/aromatic N) is 2. The van der Waals surface area contributed by atoms with Gasteiger partial charge in [0.25, 0.3) is 5.91 Å². The smallest absolute Gasteiger partial charge is 0.416 e. The molecular weight excluding hydrogens is 447 g/mol. The number of hydrogen-bond acceptors (Lipinski definition) is 5. The molecule has 0 unspecified atom stereocenters. The maximum Gasteiger partial charge on any atom is 0.416 e. The number of aromatic nitrogens is 1. The normalized spacial score (nSPS) is 12.9. The van der Waals surface area contributed by atoms with Crippen molar-refractivity contribution in [2.24, 2.45) is 0 Å². The van der Waals surface area contributed by atoms with Crippen LogP contribution in [0, 0.1) is 0 Å². The van der Waals surface area contributed by atoms with Crippen molar-refractivity contribution in [2.75, 3.05) is 23.4 Å². The number of pyridine rings is 1. The summed E-state index contributed by atoms with van der Waals surface area (Å²) in [5, 5.41) is 11.8. The number of amides is 1. The van der Waals surface area contributed by atoms with Gasteiger partial charge in [-0.1, -0.05) is 12.1 Å². The van der Waals surface area contributed by atoms with Crippen LogP contribution in [0.1, 0.15) is 21.5 Å². The van der Waals surface area contributed by atoms with Gasteiger partial charge in [-0.15, -0.1) is 12.4 Å². The molecule has 1 aliphatic rings. The zero-order chi connectivity index (χ0) is 22.0. The van der Waals surface area contributed by atoms with E-state index in [4.69, 9.17) is 4.74 Å². The number of benzene rings is 2. The van der Waals surface area contributed by atoms with E-state index < -0.39 is 17.6 Å². The number of halogens is 4. The van der Waals surface area contributed by atoms with E-state index >= 15 is 0 Å². The van der Waals surface area contributed by atoms with Crippen LogP contribution in [0.25, 0.3) is 0 Å². The predicted molar refractivity (Wildman–Crippen MR) is 116 cm³/mol. The Balaban J connectivity index is 0.00000289. The van der Waals surface area contributed by atoms with Crippen molar-refractivity contribution in [1.29, 1.82) is 0 Å². The number of hydrogen-bond donors (Lipinski definition) is 2. The van der Waals surface area contributed by atoms with Gasteiger partial charge in [-0.25, -0.2) is 4.98 Å². The summed E-state index contributed by atoms with van der Waals surface area (Å²) in [7, 11) is 0. The number of ether oxygens (including phenoxy) is 1. The summed E-state index contributed by atoms with van der Waals surface area (Å²) in [4.78, 5) is 19.1. The van der Waals surface area contributed by atoms with Crippen LogP contribution >= 0.6 is 12.4 Å². The van der Waals surface area contributed by atoms with E-state index in [0.717, 1.165) is 12.1 Å². The monoisotopic (exact) mass is 465 g/mol. The Bertz CT molecular complexity index is 1090. The third kappa shape index (κ3) is 4.79. The number of anilines is 3. The van der Waals surface area contributed by atoms with Crippen LogP contribution in [-0.2, 0) is 12.8 Å². The second-order valence-electron chi connectivity index (χ2n) is 6.87. The molecule has 2 N–H and O–H groups in total. The molecule has 0 radical (unpaired) electrons. The fourth-order valence-corrected chi connectivity index (χ4v) is 3.28. The van der Waals surface area contributed by atoms with Crippen LogP contribution in [-0.4, -0.2) is 29.1 Å².